The van der Waals surface area contributed by atoms with Crippen molar-refractivity contribution in [1.29, 1.82) is 0 Å². The number of hydrogen-bond acceptors (Lipinski definition) is 1. The van der Waals surface area contributed by atoms with E-state index in [0.29, 0.717) is 15.1 Å². The highest BCUT2D eigenvalue weighted by Gasteiger charge is 2.34. The van der Waals surface area contributed by atoms with Crippen molar-refractivity contribution in [3.05, 3.63) is 33.1 Å². The second-order valence-corrected chi connectivity index (χ2v) is 7.39. The second kappa shape index (κ2) is 5.38. The van der Waals surface area contributed by atoms with E-state index in [4.69, 9.17) is 0 Å². The molecule has 0 radical (unpaired) electrons. The average Bonchev–Trinajstić information content (AvgIpc) is 2.76. The number of hydrogen-bond donors (Lipinski definition) is 0. The molecule has 1 fully saturated rings. The maximum Gasteiger partial charge on any atom is 0.254 e. The van der Waals surface area contributed by atoms with Crippen LogP contribution in [0.4, 0.5) is 4.39 Å². The Morgan fingerprint density at radius 1 is 1.42 bits per heavy atom. The normalized spacial score (nSPS) is 19.8. The SMILES string of the molecule is CC(C)(C)C1CCN(C(=O)c2ccc(F)cc2I)C1. The average molecular weight is 375 g/mol. The van der Waals surface area contributed by atoms with Gasteiger partial charge in [-0.25, -0.2) is 4.39 Å². The van der Waals surface area contributed by atoms with Crippen LogP contribution in [0, 0.1) is 20.7 Å². The van der Waals surface area contributed by atoms with Crippen molar-refractivity contribution in [3.63, 3.8) is 0 Å². The Labute approximate surface area is 127 Å². The molecule has 1 aromatic carbocycles. The van der Waals surface area contributed by atoms with Crippen LogP contribution in [0.1, 0.15) is 37.6 Å². The first-order valence-electron chi connectivity index (χ1n) is 6.53. The minimum atomic E-state index is -0.296. The van der Waals surface area contributed by atoms with Crippen molar-refractivity contribution in [2.45, 2.75) is 27.2 Å². The number of nitrogens with zero attached hydrogens (tertiary/aromatic N) is 1. The lowest BCUT2D eigenvalue weighted by Gasteiger charge is -2.27. The number of likely N-dealkylation sites (tertiary alicyclic amines) is 1. The minimum absolute atomic E-state index is 0.0242. The van der Waals surface area contributed by atoms with Gasteiger partial charge in [-0.05, 0) is 58.5 Å². The highest BCUT2D eigenvalue weighted by Crippen LogP contribution is 2.34. The third-order valence-electron chi connectivity index (χ3n) is 3.86. The molecule has 1 heterocycles. The number of halogens is 2. The zero-order valence-electron chi connectivity index (χ0n) is 11.5. The van der Waals surface area contributed by atoms with E-state index in [0.717, 1.165) is 19.5 Å². The first kappa shape index (κ1) is 14.8. The van der Waals surface area contributed by atoms with Gasteiger partial charge in [-0.2, -0.15) is 0 Å². The van der Waals surface area contributed by atoms with Gasteiger partial charge >= 0.3 is 0 Å². The summed E-state index contributed by atoms with van der Waals surface area (Å²) in [6, 6.07) is 4.35. The lowest BCUT2D eigenvalue weighted by Crippen LogP contribution is -2.31. The van der Waals surface area contributed by atoms with Gasteiger partial charge in [0.1, 0.15) is 5.82 Å². The number of amides is 1. The van der Waals surface area contributed by atoms with Crippen LogP contribution in [0.2, 0.25) is 0 Å². The van der Waals surface area contributed by atoms with Gasteiger partial charge in [-0.15, -0.1) is 0 Å². The summed E-state index contributed by atoms with van der Waals surface area (Å²) in [7, 11) is 0. The number of rotatable bonds is 1. The van der Waals surface area contributed by atoms with Gasteiger partial charge < -0.3 is 4.90 Å². The summed E-state index contributed by atoms with van der Waals surface area (Å²) in [6.07, 6.45) is 1.05. The van der Waals surface area contributed by atoms with Crippen LogP contribution < -0.4 is 0 Å². The van der Waals surface area contributed by atoms with Crippen molar-refractivity contribution < 1.29 is 9.18 Å². The highest BCUT2D eigenvalue weighted by molar-refractivity contribution is 14.1. The summed E-state index contributed by atoms with van der Waals surface area (Å²) in [5.74, 6) is 0.264. The standard InChI is InChI=1S/C15H19FINO/c1-15(2,3)10-6-7-18(9-10)14(19)12-5-4-11(16)8-13(12)17/h4-5,8,10H,6-7,9H2,1-3H3. The summed E-state index contributed by atoms with van der Waals surface area (Å²) in [4.78, 5) is 14.3. The molecule has 1 atom stereocenters. The summed E-state index contributed by atoms with van der Waals surface area (Å²) < 4.78 is 13.8. The van der Waals surface area contributed by atoms with Gasteiger partial charge in [0, 0.05) is 16.7 Å². The Kier molecular flexibility index (Phi) is 4.18. The van der Waals surface area contributed by atoms with Crippen molar-refractivity contribution >= 4 is 28.5 Å². The van der Waals surface area contributed by atoms with Gasteiger partial charge in [0.2, 0.25) is 0 Å². The molecule has 2 nitrogen and oxygen atoms in total. The Morgan fingerprint density at radius 2 is 2.11 bits per heavy atom. The van der Waals surface area contributed by atoms with Gasteiger partial charge in [-0.1, -0.05) is 20.8 Å². The van der Waals surface area contributed by atoms with Crippen molar-refractivity contribution in [3.8, 4) is 0 Å². The molecule has 1 aliphatic rings. The molecule has 104 valence electrons. The van der Waals surface area contributed by atoms with Crippen LogP contribution in [0.3, 0.4) is 0 Å². The maximum absolute atomic E-state index is 13.1. The Bertz CT molecular complexity index is 495. The molecule has 19 heavy (non-hydrogen) atoms. The summed E-state index contributed by atoms with van der Waals surface area (Å²) in [6.45, 7) is 8.25. The molecule has 4 heteroatoms. The van der Waals surface area contributed by atoms with Crippen LogP contribution in [0.15, 0.2) is 18.2 Å². The largest absolute Gasteiger partial charge is 0.338 e. The van der Waals surface area contributed by atoms with Crippen molar-refractivity contribution in [2.24, 2.45) is 11.3 Å². The molecule has 1 saturated heterocycles. The fourth-order valence-corrected chi connectivity index (χ4v) is 3.19. The van der Waals surface area contributed by atoms with Crippen LogP contribution in [0.5, 0.6) is 0 Å². The molecule has 1 aliphatic heterocycles. The quantitative estimate of drug-likeness (QED) is 0.681. The van der Waals surface area contributed by atoms with E-state index in [2.05, 4.69) is 20.8 Å². The Hall–Kier alpha value is -0.650. The highest BCUT2D eigenvalue weighted by atomic mass is 127. The molecule has 0 saturated carbocycles. The molecule has 0 spiro atoms. The van der Waals surface area contributed by atoms with Crippen LogP contribution in [0.25, 0.3) is 0 Å². The first-order valence-corrected chi connectivity index (χ1v) is 7.61. The molecular weight excluding hydrogens is 356 g/mol. The number of benzene rings is 1. The minimum Gasteiger partial charge on any atom is -0.338 e. The smallest absolute Gasteiger partial charge is 0.254 e. The van der Waals surface area contributed by atoms with E-state index in [1.54, 1.807) is 6.07 Å². The summed E-state index contributed by atoms with van der Waals surface area (Å²) >= 11 is 2.02. The van der Waals surface area contributed by atoms with Crippen molar-refractivity contribution in [2.75, 3.05) is 13.1 Å². The van der Waals surface area contributed by atoms with Gasteiger partial charge in [-0.3, -0.25) is 4.79 Å². The topological polar surface area (TPSA) is 20.3 Å². The first-order chi connectivity index (χ1) is 8.79. The fourth-order valence-electron chi connectivity index (χ4n) is 2.48. The van der Waals surface area contributed by atoms with E-state index < -0.39 is 0 Å². The van der Waals surface area contributed by atoms with E-state index in [9.17, 15) is 9.18 Å². The van der Waals surface area contributed by atoms with Gasteiger partial charge in [0.25, 0.3) is 5.91 Å². The fraction of sp³-hybridized carbons (Fsp3) is 0.533. The third-order valence-corrected chi connectivity index (χ3v) is 4.75. The number of carbonyl (C=O) groups excluding carboxylic acids is 1. The monoisotopic (exact) mass is 375 g/mol. The lowest BCUT2D eigenvalue weighted by molar-refractivity contribution is 0.0775. The maximum atomic E-state index is 13.1. The van der Waals surface area contributed by atoms with Gasteiger partial charge in [0.15, 0.2) is 0 Å². The molecule has 0 aliphatic carbocycles. The molecule has 0 aromatic heterocycles. The number of carbonyl (C=O) groups is 1. The van der Waals surface area contributed by atoms with E-state index in [-0.39, 0.29) is 17.1 Å². The molecule has 1 unspecified atom stereocenters. The Morgan fingerprint density at radius 3 is 2.63 bits per heavy atom. The molecule has 1 aromatic rings. The zero-order chi connectivity index (χ0) is 14.2. The third kappa shape index (κ3) is 3.27. The molecule has 0 bridgehead atoms. The zero-order valence-corrected chi connectivity index (χ0v) is 13.7. The van der Waals surface area contributed by atoms with Crippen LogP contribution in [-0.2, 0) is 0 Å². The van der Waals surface area contributed by atoms with Crippen LogP contribution >= 0.6 is 22.6 Å². The Balaban J connectivity index is 2.14. The predicted octanol–water partition coefficient (Wildman–Crippen LogP) is 3.94. The molecule has 0 N–H and O–H groups in total. The second-order valence-electron chi connectivity index (χ2n) is 6.23. The molecular formula is C15H19FINO. The van der Waals surface area contributed by atoms with E-state index in [1.807, 2.05) is 27.5 Å². The van der Waals surface area contributed by atoms with Crippen LogP contribution in [-0.4, -0.2) is 23.9 Å². The van der Waals surface area contributed by atoms with Gasteiger partial charge in [0.05, 0.1) is 5.56 Å². The van der Waals surface area contributed by atoms with E-state index >= 15 is 0 Å². The predicted molar refractivity (Wildman–Crippen MR) is 82.6 cm³/mol. The summed E-state index contributed by atoms with van der Waals surface area (Å²) in [5, 5.41) is 0. The molecule has 1 amide bonds. The molecule has 2 rings (SSSR count). The lowest BCUT2D eigenvalue weighted by atomic mass is 9.80. The summed E-state index contributed by atoms with van der Waals surface area (Å²) in [5.41, 5.74) is 0.835. The van der Waals surface area contributed by atoms with E-state index in [1.165, 1.54) is 12.1 Å². The van der Waals surface area contributed by atoms with Crippen molar-refractivity contribution in [1.82, 2.24) is 4.90 Å².